The van der Waals surface area contributed by atoms with Gasteiger partial charge in [0.05, 0.1) is 31.1 Å². The SMILES string of the molecule is CCOC(=O)c1cccc(C(N)N2N=C(c3ccc(OC)c(OC4CCCC4)c3)C(CC)CC2C=O)c1. The molecule has 0 radical (unpaired) electrons. The number of esters is 1. The standard InChI is InChI=1S/C29H37N3O5/c1-4-19-16-23(18-33)32(28(30)21-9-8-10-22(15-21)29(34)36-5-2)31-27(19)20-13-14-25(35-3)26(17-20)37-24-11-6-7-12-24/h8-10,13-15,17-19,23-24,28H,4-7,11-12,16,30H2,1-3H3. The third-order valence-electron chi connectivity index (χ3n) is 7.21. The molecule has 0 spiro atoms. The molecule has 8 heteroatoms. The molecule has 0 saturated heterocycles. The molecule has 0 aromatic heterocycles. The molecule has 2 aliphatic rings. The minimum atomic E-state index is -0.718. The first-order valence-corrected chi connectivity index (χ1v) is 13.2. The largest absolute Gasteiger partial charge is 0.493 e. The molecule has 1 aliphatic heterocycles. The zero-order valence-corrected chi connectivity index (χ0v) is 21.9. The van der Waals surface area contributed by atoms with Crippen molar-refractivity contribution in [3.05, 3.63) is 59.2 Å². The Bertz CT molecular complexity index is 1130. The molecule has 3 unspecified atom stereocenters. The van der Waals surface area contributed by atoms with Gasteiger partial charge in [-0.05, 0) is 81.3 Å². The van der Waals surface area contributed by atoms with Gasteiger partial charge in [0.25, 0.3) is 0 Å². The minimum absolute atomic E-state index is 0.0808. The number of methoxy groups -OCH3 is 1. The van der Waals surface area contributed by atoms with Crippen molar-refractivity contribution in [3.8, 4) is 11.5 Å². The number of carbonyl (C=O) groups excluding carboxylic acids is 2. The summed E-state index contributed by atoms with van der Waals surface area (Å²) in [5, 5.41) is 6.61. The van der Waals surface area contributed by atoms with E-state index in [1.165, 1.54) is 12.8 Å². The zero-order chi connectivity index (χ0) is 26.4. The Morgan fingerprint density at radius 3 is 2.62 bits per heavy atom. The summed E-state index contributed by atoms with van der Waals surface area (Å²) in [6, 6.07) is 12.4. The van der Waals surface area contributed by atoms with Crippen LogP contribution in [0.3, 0.4) is 0 Å². The second-order valence-corrected chi connectivity index (χ2v) is 9.59. The first-order chi connectivity index (χ1) is 18.0. The van der Waals surface area contributed by atoms with Gasteiger partial charge >= 0.3 is 5.97 Å². The lowest BCUT2D eigenvalue weighted by atomic mass is 9.87. The highest BCUT2D eigenvalue weighted by atomic mass is 16.5. The topological polar surface area (TPSA) is 103 Å². The first kappa shape index (κ1) is 26.7. The third-order valence-corrected chi connectivity index (χ3v) is 7.21. The highest BCUT2D eigenvalue weighted by Crippen LogP contribution is 2.36. The number of nitrogens with two attached hydrogens (primary N) is 1. The Balaban J connectivity index is 1.69. The van der Waals surface area contributed by atoms with Crippen molar-refractivity contribution >= 4 is 18.0 Å². The van der Waals surface area contributed by atoms with E-state index in [4.69, 9.17) is 25.0 Å². The van der Waals surface area contributed by atoms with E-state index in [0.29, 0.717) is 29.0 Å². The fourth-order valence-corrected chi connectivity index (χ4v) is 5.16. The van der Waals surface area contributed by atoms with Crippen molar-refractivity contribution < 1.29 is 23.8 Å². The van der Waals surface area contributed by atoms with Crippen LogP contribution in [-0.4, -0.2) is 48.8 Å². The summed E-state index contributed by atoms with van der Waals surface area (Å²) in [4.78, 5) is 24.4. The molecule has 8 nitrogen and oxygen atoms in total. The molecule has 37 heavy (non-hydrogen) atoms. The average Bonchev–Trinajstić information content (AvgIpc) is 3.45. The lowest BCUT2D eigenvalue weighted by Gasteiger charge is -2.38. The van der Waals surface area contributed by atoms with Crippen molar-refractivity contribution in [3.63, 3.8) is 0 Å². The zero-order valence-electron chi connectivity index (χ0n) is 21.9. The molecule has 1 fully saturated rings. The van der Waals surface area contributed by atoms with Crippen molar-refractivity contribution in [1.29, 1.82) is 0 Å². The predicted octanol–water partition coefficient (Wildman–Crippen LogP) is 4.85. The maximum Gasteiger partial charge on any atom is 0.338 e. The van der Waals surface area contributed by atoms with Gasteiger partial charge < -0.3 is 24.7 Å². The van der Waals surface area contributed by atoms with Crippen molar-refractivity contribution in [2.24, 2.45) is 16.8 Å². The van der Waals surface area contributed by atoms with E-state index in [2.05, 4.69) is 6.92 Å². The molecule has 198 valence electrons. The van der Waals surface area contributed by atoms with Crippen LogP contribution in [0.1, 0.15) is 80.0 Å². The fourth-order valence-electron chi connectivity index (χ4n) is 5.16. The number of hydrogen-bond donors (Lipinski definition) is 1. The minimum Gasteiger partial charge on any atom is -0.493 e. The number of benzene rings is 2. The lowest BCUT2D eigenvalue weighted by molar-refractivity contribution is -0.114. The molecule has 0 amide bonds. The number of rotatable bonds is 10. The summed E-state index contributed by atoms with van der Waals surface area (Å²) in [7, 11) is 1.64. The Labute approximate surface area is 218 Å². The van der Waals surface area contributed by atoms with Gasteiger partial charge in [-0.3, -0.25) is 5.01 Å². The molecular formula is C29H37N3O5. The highest BCUT2D eigenvalue weighted by molar-refractivity contribution is 6.03. The van der Waals surface area contributed by atoms with Crippen molar-refractivity contribution in [1.82, 2.24) is 5.01 Å². The molecule has 1 aliphatic carbocycles. The second-order valence-electron chi connectivity index (χ2n) is 9.59. The van der Waals surface area contributed by atoms with Gasteiger partial charge in [-0.25, -0.2) is 4.79 Å². The predicted molar refractivity (Wildman–Crippen MR) is 142 cm³/mol. The Hall–Kier alpha value is -3.39. The molecule has 1 heterocycles. The molecule has 1 saturated carbocycles. The molecule has 2 aromatic rings. The lowest BCUT2D eigenvalue weighted by Crippen LogP contribution is -2.46. The van der Waals surface area contributed by atoms with Gasteiger partial charge in [-0.2, -0.15) is 5.10 Å². The summed E-state index contributed by atoms with van der Waals surface area (Å²) < 4.78 is 17.0. The number of ether oxygens (including phenoxy) is 3. The molecule has 2 aromatic carbocycles. The van der Waals surface area contributed by atoms with Crippen LogP contribution in [0.15, 0.2) is 47.6 Å². The van der Waals surface area contributed by atoms with Gasteiger partial charge in [0, 0.05) is 11.5 Å². The number of hydrogen-bond acceptors (Lipinski definition) is 8. The van der Waals surface area contributed by atoms with Gasteiger partial charge in [0.15, 0.2) is 11.5 Å². The average molecular weight is 508 g/mol. The van der Waals surface area contributed by atoms with Gasteiger partial charge in [0.2, 0.25) is 0 Å². The van der Waals surface area contributed by atoms with E-state index in [1.807, 2.05) is 24.3 Å². The summed E-state index contributed by atoms with van der Waals surface area (Å²) in [5.41, 5.74) is 9.52. The summed E-state index contributed by atoms with van der Waals surface area (Å²) in [6.45, 7) is 4.15. The summed E-state index contributed by atoms with van der Waals surface area (Å²) in [5.74, 6) is 1.07. The van der Waals surface area contributed by atoms with Crippen molar-refractivity contribution in [2.45, 2.75) is 70.7 Å². The normalized spacial score (nSPS) is 20.8. The van der Waals surface area contributed by atoms with Crippen LogP contribution in [-0.2, 0) is 9.53 Å². The Kier molecular flexibility index (Phi) is 8.82. The first-order valence-electron chi connectivity index (χ1n) is 13.2. The highest BCUT2D eigenvalue weighted by Gasteiger charge is 2.34. The van der Waals surface area contributed by atoms with E-state index in [-0.39, 0.29) is 18.6 Å². The quantitative estimate of drug-likeness (QED) is 0.362. The van der Waals surface area contributed by atoms with Crippen LogP contribution in [0, 0.1) is 5.92 Å². The van der Waals surface area contributed by atoms with Crippen LogP contribution in [0.5, 0.6) is 11.5 Å². The van der Waals surface area contributed by atoms with E-state index in [0.717, 1.165) is 36.8 Å². The third kappa shape index (κ3) is 5.96. The monoisotopic (exact) mass is 507 g/mol. The van der Waals surface area contributed by atoms with Crippen LogP contribution in [0.4, 0.5) is 0 Å². The van der Waals surface area contributed by atoms with E-state index in [1.54, 1.807) is 37.2 Å². The molecule has 0 bridgehead atoms. The summed E-state index contributed by atoms with van der Waals surface area (Å²) in [6.07, 6.45) is 6.23. The smallest absolute Gasteiger partial charge is 0.338 e. The van der Waals surface area contributed by atoms with Gasteiger partial charge in [0.1, 0.15) is 18.5 Å². The fraction of sp³-hybridized carbons (Fsp3) is 0.483. The molecular weight excluding hydrogens is 470 g/mol. The number of carbonyl (C=O) groups is 2. The Morgan fingerprint density at radius 2 is 1.95 bits per heavy atom. The second kappa shape index (κ2) is 12.2. The maximum atomic E-state index is 12.3. The maximum absolute atomic E-state index is 12.3. The molecule has 3 atom stereocenters. The number of aldehydes is 1. The van der Waals surface area contributed by atoms with Crippen LogP contribution < -0.4 is 15.2 Å². The molecule has 2 N–H and O–H groups in total. The number of nitrogens with zero attached hydrogens (tertiary/aromatic N) is 2. The van der Waals surface area contributed by atoms with Gasteiger partial charge in [-0.15, -0.1) is 0 Å². The van der Waals surface area contributed by atoms with Crippen molar-refractivity contribution in [2.75, 3.05) is 13.7 Å². The van der Waals surface area contributed by atoms with Crippen LogP contribution in [0.25, 0.3) is 0 Å². The summed E-state index contributed by atoms with van der Waals surface area (Å²) >= 11 is 0. The van der Waals surface area contributed by atoms with Crippen LogP contribution >= 0.6 is 0 Å². The van der Waals surface area contributed by atoms with E-state index < -0.39 is 18.2 Å². The van der Waals surface area contributed by atoms with Crippen LogP contribution in [0.2, 0.25) is 0 Å². The van der Waals surface area contributed by atoms with Gasteiger partial charge in [-0.1, -0.05) is 19.1 Å². The molecule has 4 rings (SSSR count). The Morgan fingerprint density at radius 1 is 1.16 bits per heavy atom. The number of hydrazone groups is 1. The van der Waals surface area contributed by atoms with E-state index in [9.17, 15) is 9.59 Å². The van der Waals surface area contributed by atoms with E-state index >= 15 is 0 Å².